The maximum absolute atomic E-state index is 12.3. The molecule has 7 heteroatoms. The van der Waals surface area contributed by atoms with Crippen LogP contribution in [0, 0.1) is 6.92 Å². The van der Waals surface area contributed by atoms with Gasteiger partial charge >= 0.3 is 0 Å². The zero-order chi connectivity index (χ0) is 19.3. The fourth-order valence-corrected chi connectivity index (χ4v) is 4.36. The number of thiophene rings is 1. The normalized spacial score (nSPS) is 10.8. The summed E-state index contributed by atoms with van der Waals surface area (Å²) in [6, 6.07) is 13.9. The first kappa shape index (κ1) is 18.5. The third-order valence-corrected chi connectivity index (χ3v) is 6.08. The number of nitrogens with one attached hydrogen (secondary N) is 1. The second-order valence-corrected chi connectivity index (χ2v) is 8.42. The topological polar surface area (TPSA) is 67.8 Å². The van der Waals surface area contributed by atoms with Crippen LogP contribution in [-0.2, 0) is 6.42 Å². The molecule has 0 saturated carbocycles. The van der Waals surface area contributed by atoms with Gasteiger partial charge in [0, 0.05) is 34.8 Å². The van der Waals surface area contributed by atoms with Gasteiger partial charge in [0.2, 0.25) is 0 Å². The van der Waals surface area contributed by atoms with Gasteiger partial charge in [-0.15, -0.1) is 22.7 Å². The highest BCUT2D eigenvalue weighted by Gasteiger charge is 2.09. The van der Waals surface area contributed by atoms with Crippen LogP contribution < -0.4 is 5.32 Å². The van der Waals surface area contributed by atoms with Crippen molar-refractivity contribution in [1.82, 2.24) is 20.3 Å². The molecule has 0 aliphatic rings. The van der Waals surface area contributed by atoms with Gasteiger partial charge in [-0.25, -0.2) is 15.0 Å². The molecule has 3 aromatic heterocycles. The van der Waals surface area contributed by atoms with E-state index in [9.17, 15) is 4.79 Å². The number of aromatic nitrogens is 3. The molecule has 0 spiro atoms. The number of carbonyl (C=O) groups excluding carboxylic acids is 1. The predicted octanol–water partition coefficient (Wildman–Crippen LogP) is 4.61. The van der Waals surface area contributed by atoms with E-state index < -0.39 is 0 Å². The number of amides is 1. The highest BCUT2D eigenvalue weighted by Crippen LogP contribution is 2.29. The highest BCUT2D eigenvalue weighted by molar-refractivity contribution is 7.16. The molecule has 0 aliphatic carbocycles. The molecule has 0 bridgehead atoms. The minimum atomic E-state index is -0.161. The minimum Gasteiger partial charge on any atom is -0.352 e. The Labute approximate surface area is 171 Å². The number of rotatable bonds is 6. The molecule has 0 atom stereocenters. The Balaban J connectivity index is 1.32. The monoisotopic (exact) mass is 406 g/mol. The van der Waals surface area contributed by atoms with E-state index in [0.717, 1.165) is 27.6 Å². The first-order chi connectivity index (χ1) is 13.7. The van der Waals surface area contributed by atoms with Gasteiger partial charge in [0.15, 0.2) is 5.82 Å². The van der Waals surface area contributed by atoms with Gasteiger partial charge in [0.1, 0.15) is 0 Å². The van der Waals surface area contributed by atoms with Gasteiger partial charge in [-0.3, -0.25) is 4.79 Å². The summed E-state index contributed by atoms with van der Waals surface area (Å²) in [5.41, 5.74) is 2.42. The standard InChI is InChI=1S/C21H18N4OS2/c1-14-25-18(13-27-14)19-8-7-17(28-19)9-10-22-21(26)16-11-23-20(24-12-16)15-5-3-2-4-6-15/h2-8,11-13H,9-10H2,1H3,(H,22,26). The quantitative estimate of drug-likeness (QED) is 0.508. The third-order valence-electron chi connectivity index (χ3n) is 4.14. The molecule has 28 heavy (non-hydrogen) atoms. The molecular formula is C21H18N4OS2. The van der Waals surface area contributed by atoms with Crippen LogP contribution in [0.15, 0.2) is 60.2 Å². The largest absolute Gasteiger partial charge is 0.352 e. The van der Waals surface area contributed by atoms with Crippen molar-refractivity contribution in [3.63, 3.8) is 0 Å². The van der Waals surface area contributed by atoms with E-state index in [4.69, 9.17) is 0 Å². The molecule has 3 heterocycles. The lowest BCUT2D eigenvalue weighted by molar-refractivity contribution is 0.0953. The second kappa shape index (κ2) is 8.41. The zero-order valence-electron chi connectivity index (χ0n) is 15.3. The summed E-state index contributed by atoms with van der Waals surface area (Å²) >= 11 is 3.37. The van der Waals surface area contributed by atoms with Gasteiger partial charge in [-0.05, 0) is 25.5 Å². The molecule has 0 fully saturated rings. The minimum absolute atomic E-state index is 0.161. The van der Waals surface area contributed by atoms with E-state index in [-0.39, 0.29) is 5.91 Å². The van der Waals surface area contributed by atoms with E-state index >= 15 is 0 Å². The fraction of sp³-hybridized carbons (Fsp3) is 0.143. The average Bonchev–Trinajstić information content (AvgIpc) is 3.38. The van der Waals surface area contributed by atoms with Crippen molar-refractivity contribution >= 4 is 28.6 Å². The number of aryl methyl sites for hydroxylation is 1. The molecule has 4 rings (SSSR count). The van der Waals surface area contributed by atoms with E-state index in [2.05, 4.69) is 37.8 Å². The second-order valence-electron chi connectivity index (χ2n) is 6.18. The SMILES string of the molecule is Cc1nc(-c2ccc(CCNC(=O)c3cnc(-c4ccccc4)nc3)s2)cs1. The summed E-state index contributed by atoms with van der Waals surface area (Å²) in [5, 5.41) is 6.08. The number of thiazole rings is 1. The smallest absolute Gasteiger partial charge is 0.254 e. The molecular weight excluding hydrogens is 388 g/mol. The number of hydrogen-bond acceptors (Lipinski definition) is 6. The van der Waals surface area contributed by atoms with Crippen LogP contribution in [0.3, 0.4) is 0 Å². The molecule has 0 saturated heterocycles. The van der Waals surface area contributed by atoms with E-state index in [1.54, 1.807) is 35.1 Å². The van der Waals surface area contributed by atoms with Crippen LogP contribution in [0.1, 0.15) is 20.2 Å². The van der Waals surface area contributed by atoms with Crippen molar-refractivity contribution in [2.24, 2.45) is 0 Å². The lowest BCUT2D eigenvalue weighted by Crippen LogP contribution is -2.25. The number of benzene rings is 1. The Kier molecular flexibility index (Phi) is 5.55. The Morgan fingerprint density at radius 3 is 2.57 bits per heavy atom. The third kappa shape index (κ3) is 4.32. The summed E-state index contributed by atoms with van der Waals surface area (Å²) in [4.78, 5) is 27.8. The maximum atomic E-state index is 12.3. The Bertz CT molecular complexity index is 1070. The number of hydrogen-bond donors (Lipinski definition) is 1. The summed E-state index contributed by atoms with van der Waals surface area (Å²) in [6.45, 7) is 2.57. The first-order valence-electron chi connectivity index (χ1n) is 8.86. The molecule has 1 aromatic carbocycles. The summed E-state index contributed by atoms with van der Waals surface area (Å²) in [5.74, 6) is 0.451. The summed E-state index contributed by atoms with van der Waals surface area (Å²) in [6.07, 6.45) is 3.92. The molecule has 140 valence electrons. The van der Waals surface area contributed by atoms with Crippen molar-refractivity contribution < 1.29 is 4.79 Å². The molecule has 4 aromatic rings. The maximum Gasteiger partial charge on any atom is 0.254 e. The van der Waals surface area contributed by atoms with Crippen LogP contribution in [0.25, 0.3) is 22.0 Å². The van der Waals surface area contributed by atoms with Crippen LogP contribution in [0.5, 0.6) is 0 Å². The molecule has 0 unspecified atom stereocenters. The van der Waals surface area contributed by atoms with Gasteiger partial charge in [0.05, 0.1) is 21.1 Å². The summed E-state index contributed by atoms with van der Waals surface area (Å²) in [7, 11) is 0. The van der Waals surface area contributed by atoms with Gasteiger partial charge in [0.25, 0.3) is 5.91 Å². The van der Waals surface area contributed by atoms with Crippen LogP contribution in [-0.4, -0.2) is 27.4 Å². The predicted molar refractivity (Wildman–Crippen MR) is 114 cm³/mol. The van der Waals surface area contributed by atoms with E-state index in [1.807, 2.05) is 37.3 Å². The van der Waals surface area contributed by atoms with Crippen molar-refractivity contribution in [3.05, 3.63) is 75.7 Å². The van der Waals surface area contributed by atoms with Gasteiger partial charge < -0.3 is 5.32 Å². The molecule has 0 radical (unpaired) electrons. The van der Waals surface area contributed by atoms with Gasteiger partial charge in [-0.1, -0.05) is 30.3 Å². The fourth-order valence-electron chi connectivity index (χ4n) is 2.71. The molecule has 5 nitrogen and oxygen atoms in total. The Morgan fingerprint density at radius 2 is 1.86 bits per heavy atom. The number of nitrogens with zero attached hydrogens (tertiary/aromatic N) is 3. The molecule has 1 amide bonds. The average molecular weight is 407 g/mol. The lowest BCUT2D eigenvalue weighted by Gasteiger charge is -2.05. The van der Waals surface area contributed by atoms with Crippen molar-refractivity contribution in [1.29, 1.82) is 0 Å². The zero-order valence-corrected chi connectivity index (χ0v) is 16.9. The van der Waals surface area contributed by atoms with Crippen molar-refractivity contribution in [3.8, 4) is 22.0 Å². The molecule has 0 aliphatic heterocycles. The molecule has 1 N–H and O–H groups in total. The summed E-state index contributed by atoms with van der Waals surface area (Å²) < 4.78 is 0. The van der Waals surface area contributed by atoms with Gasteiger partial charge in [-0.2, -0.15) is 0 Å². The van der Waals surface area contributed by atoms with Crippen molar-refractivity contribution in [2.75, 3.05) is 6.54 Å². The first-order valence-corrected chi connectivity index (χ1v) is 10.6. The van der Waals surface area contributed by atoms with Crippen molar-refractivity contribution in [2.45, 2.75) is 13.3 Å². The van der Waals surface area contributed by atoms with Crippen LogP contribution >= 0.6 is 22.7 Å². The highest BCUT2D eigenvalue weighted by atomic mass is 32.1. The van der Waals surface area contributed by atoms with Crippen LogP contribution in [0.2, 0.25) is 0 Å². The van der Waals surface area contributed by atoms with Crippen LogP contribution in [0.4, 0.5) is 0 Å². The van der Waals surface area contributed by atoms with E-state index in [1.165, 1.54) is 4.88 Å². The number of carbonyl (C=O) groups is 1. The van der Waals surface area contributed by atoms with E-state index in [0.29, 0.717) is 17.9 Å². The Morgan fingerprint density at radius 1 is 1.07 bits per heavy atom. The lowest BCUT2D eigenvalue weighted by atomic mass is 10.2. The Hall–Kier alpha value is -2.90.